The molecule has 1 unspecified atom stereocenters. The van der Waals surface area contributed by atoms with Gasteiger partial charge in [0.05, 0.1) is 6.61 Å². The van der Waals surface area contributed by atoms with E-state index < -0.39 is 6.04 Å². The van der Waals surface area contributed by atoms with Crippen LogP contribution in [0.15, 0.2) is 24.3 Å². The number of carbonyl (C=O) groups is 1. The second kappa shape index (κ2) is 5.36. The van der Waals surface area contributed by atoms with E-state index in [4.69, 9.17) is 9.84 Å². The average molecular weight is 210 g/mol. The van der Waals surface area contributed by atoms with Crippen LogP contribution in [-0.4, -0.2) is 23.7 Å². The summed E-state index contributed by atoms with van der Waals surface area (Å²) in [6, 6.07) is 6.33. The normalized spacial score (nSPS) is 12.1. The molecule has 4 N–H and O–H groups in total. The molecular formula is C11H16NO3+. The maximum Gasteiger partial charge on any atom is 0.365 e. The number of hydrogen-bond donors (Lipinski definition) is 2. The fourth-order valence-electron chi connectivity index (χ4n) is 1.26. The second-order valence-corrected chi connectivity index (χ2v) is 3.32. The zero-order valence-electron chi connectivity index (χ0n) is 8.77. The van der Waals surface area contributed by atoms with Crippen LogP contribution in [0.4, 0.5) is 0 Å². The molecule has 0 radical (unpaired) electrons. The number of ether oxygens (including phenoxy) is 1. The van der Waals surface area contributed by atoms with E-state index in [2.05, 4.69) is 5.73 Å². The number of quaternary nitrogens is 1. The third kappa shape index (κ3) is 3.59. The molecule has 0 saturated heterocycles. The van der Waals surface area contributed by atoms with Crippen LogP contribution >= 0.6 is 0 Å². The SMILES string of the molecule is CCOC(=O)C([NH3+])Cc1ccc(O)cc1. The summed E-state index contributed by atoms with van der Waals surface area (Å²) in [5, 5.41) is 9.08. The third-order valence-electron chi connectivity index (χ3n) is 2.04. The first-order chi connectivity index (χ1) is 7.13. The number of benzene rings is 1. The van der Waals surface area contributed by atoms with E-state index in [0.717, 1.165) is 5.56 Å². The van der Waals surface area contributed by atoms with Gasteiger partial charge in [-0.15, -0.1) is 0 Å². The summed E-state index contributed by atoms with van der Waals surface area (Å²) in [6.07, 6.45) is 0.527. The zero-order chi connectivity index (χ0) is 11.3. The Labute approximate surface area is 88.7 Å². The molecule has 1 aromatic carbocycles. The van der Waals surface area contributed by atoms with Crippen LogP contribution in [0.3, 0.4) is 0 Å². The minimum absolute atomic E-state index is 0.218. The van der Waals surface area contributed by atoms with Crippen molar-refractivity contribution in [3.63, 3.8) is 0 Å². The molecule has 0 fully saturated rings. The van der Waals surface area contributed by atoms with Crippen LogP contribution in [0.1, 0.15) is 12.5 Å². The molecule has 0 aliphatic rings. The van der Waals surface area contributed by atoms with Crippen LogP contribution in [0.2, 0.25) is 0 Å². The lowest BCUT2D eigenvalue weighted by Gasteiger charge is -2.07. The van der Waals surface area contributed by atoms with Gasteiger partial charge in [-0.25, -0.2) is 4.79 Å². The van der Waals surface area contributed by atoms with Gasteiger partial charge >= 0.3 is 5.97 Å². The fraction of sp³-hybridized carbons (Fsp3) is 0.364. The van der Waals surface area contributed by atoms with Gasteiger partial charge in [0, 0.05) is 6.42 Å². The summed E-state index contributed by atoms with van der Waals surface area (Å²) in [7, 11) is 0. The quantitative estimate of drug-likeness (QED) is 0.692. The van der Waals surface area contributed by atoms with Gasteiger partial charge in [-0.05, 0) is 24.6 Å². The topological polar surface area (TPSA) is 74.2 Å². The molecule has 1 rings (SSSR count). The van der Waals surface area contributed by atoms with Gasteiger partial charge in [0.15, 0.2) is 6.04 Å². The van der Waals surface area contributed by atoms with Crippen molar-refractivity contribution in [2.24, 2.45) is 0 Å². The predicted molar refractivity (Wildman–Crippen MR) is 55.1 cm³/mol. The molecule has 1 atom stereocenters. The van der Waals surface area contributed by atoms with Crippen molar-refractivity contribution in [2.45, 2.75) is 19.4 Å². The van der Waals surface area contributed by atoms with E-state index in [0.29, 0.717) is 13.0 Å². The van der Waals surface area contributed by atoms with Crippen molar-refractivity contribution in [1.29, 1.82) is 0 Å². The summed E-state index contributed by atoms with van der Waals surface area (Å²) in [4.78, 5) is 11.3. The molecule has 0 aromatic heterocycles. The molecule has 1 aromatic rings. The molecule has 0 heterocycles. The highest BCUT2D eigenvalue weighted by atomic mass is 16.5. The molecule has 82 valence electrons. The number of aromatic hydroxyl groups is 1. The first-order valence-corrected chi connectivity index (χ1v) is 4.91. The summed E-state index contributed by atoms with van der Waals surface area (Å²) in [5.41, 5.74) is 4.70. The van der Waals surface area contributed by atoms with Gasteiger partial charge in [0.2, 0.25) is 0 Å². The van der Waals surface area contributed by atoms with E-state index in [1.807, 2.05) is 0 Å². The van der Waals surface area contributed by atoms with E-state index in [1.165, 1.54) is 0 Å². The van der Waals surface area contributed by atoms with Gasteiger partial charge in [0.25, 0.3) is 0 Å². The van der Waals surface area contributed by atoms with Crippen molar-refractivity contribution in [1.82, 2.24) is 0 Å². The standard InChI is InChI=1S/C11H15NO3/c1-2-15-11(14)10(12)7-8-3-5-9(13)6-4-8/h3-6,10,13H,2,7,12H2,1H3/p+1. The van der Waals surface area contributed by atoms with Gasteiger partial charge in [0.1, 0.15) is 5.75 Å². The zero-order valence-corrected chi connectivity index (χ0v) is 8.77. The minimum atomic E-state index is -0.394. The minimum Gasteiger partial charge on any atom is -0.508 e. The first-order valence-electron chi connectivity index (χ1n) is 4.91. The molecule has 0 aliphatic carbocycles. The largest absolute Gasteiger partial charge is 0.508 e. The molecule has 15 heavy (non-hydrogen) atoms. The number of phenolic OH excluding ortho intramolecular Hbond substituents is 1. The van der Waals surface area contributed by atoms with Crippen LogP contribution in [0, 0.1) is 0 Å². The number of rotatable bonds is 4. The fourth-order valence-corrected chi connectivity index (χ4v) is 1.26. The van der Waals surface area contributed by atoms with Crippen LogP contribution < -0.4 is 5.73 Å². The Balaban J connectivity index is 2.54. The van der Waals surface area contributed by atoms with E-state index in [9.17, 15) is 4.79 Å². The first kappa shape index (κ1) is 11.5. The molecule has 0 saturated carbocycles. The van der Waals surface area contributed by atoms with Crippen molar-refractivity contribution < 1.29 is 20.4 Å². The van der Waals surface area contributed by atoms with Crippen molar-refractivity contribution >= 4 is 5.97 Å². The Morgan fingerprint density at radius 3 is 2.60 bits per heavy atom. The number of esters is 1. The van der Waals surface area contributed by atoms with Crippen molar-refractivity contribution in [2.75, 3.05) is 6.61 Å². The van der Waals surface area contributed by atoms with Crippen molar-refractivity contribution in [3.05, 3.63) is 29.8 Å². The lowest BCUT2D eigenvalue weighted by molar-refractivity contribution is -0.407. The Morgan fingerprint density at radius 2 is 2.07 bits per heavy atom. The maximum absolute atomic E-state index is 11.3. The summed E-state index contributed by atoms with van der Waals surface area (Å²) in [5.74, 6) is -0.0685. The Hall–Kier alpha value is -1.55. The molecule has 4 nitrogen and oxygen atoms in total. The molecule has 4 heteroatoms. The van der Waals surface area contributed by atoms with Gasteiger partial charge in [-0.3, -0.25) is 0 Å². The van der Waals surface area contributed by atoms with Crippen LogP contribution in [0.25, 0.3) is 0 Å². The maximum atomic E-state index is 11.3. The Morgan fingerprint density at radius 1 is 1.47 bits per heavy atom. The molecule has 0 bridgehead atoms. The smallest absolute Gasteiger partial charge is 0.365 e. The summed E-state index contributed by atoms with van der Waals surface area (Å²) < 4.78 is 4.85. The highest BCUT2D eigenvalue weighted by Crippen LogP contribution is 2.10. The Bertz CT molecular complexity index is 321. The van der Waals surface area contributed by atoms with Crippen LogP contribution in [-0.2, 0) is 16.0 Å². The van der Waals surface area contributed by atoms with E-state index >= 15 is 0 Å². The lowest BCUT2D eigenvalue weighted by Crippen LogP contribution is -2.66. The third-order valence-corrected chi connectivity index (χ3v) is 2.04. The highest BCUT2D eigenvalue weighted by molar-refractivity contribution is 5.74. The molecule has 0 amide bonds. The van der Waals surface area contributed by atoms with Gasteiger partial charge < -0.3 is 15.6 Å². The lowest BCUT2D eigenvalue weighted by atomic mass is 10.1. The van der Waals surface area contributed by atoms with Gasteiger partial charge in [-0.1, -0.05) is 12.1 Å². The number of phenols is 1. The highest BCUT2D eigenvalue weighted by Gasteiger charge is 2.18. The van der Waals surface area contributed by atoms with Crippen molar-refractivity contribution in [3.8, 4) is 5.75 Å². The van der Waals surface area contributed by atoms with Gasteiger partial charge in [-0.2, -0.15) is 0 Å². The summed E-state index contributed by atoms with van der Waals surface area (Å²) in [6.45, 7) is 2.14. The van der Waals surface area contributed by atoms with Crippen LogP contribution in [0.5, 0.6) is 5.75 Å². The average Bonchev–Trinajstić information content (AvgIpc) is 2.22. The molecular weight excluding hydrogens is 194 g/mol. The Kier molecular flexibility index (Phi) is 4.12. The second-order valence-electron chi connectivity index (χ2n) is 3.32. The molecule has 0 spiro atoms. The number of hydrogen-bond acceptors (Lipinski definition) is 3. The monoisotopic (exact) mass is 210 g/mol. The summed E-state index contributed by atoms with van der Waals surface area (Å²) >= 11 is 0. The molecule has 0 aliphatic heterocycles. The van der Waals surface area contributed by atoms with E-state index in [1.54, 1.807) is 31.2 Å². The predicted octanol–water partition coefficient (Wildman–Crippen LogP) is 0.108. The van der Waals surface area contributed by atoms with E-state index in [-0.39, 0.29) is 11.7 Å². The number of carbonyl (C=O) groups excluding carboxylic acids is 1.